The van der Waals surface area contributed by atoms with E-state index in [9.17, 15) is 0 Å². The molecule has 0 aliphatic heterocycles. The van der Waals surface area contributed by atoms with Crippen LogP contribution in [-0.4, -0.2) is 25.1 Å². The summed E-state index contributed by atoms with van der Waals surface area (Å²) in [4.78, 5) is 5.58. The summed E-state index contributed by atoms with van der Waals surface area (Å²) in [6.45, 7) is 7.32. The Kier molecular flexibility index (Phi) is 5.07. The van der Waals surface area contributed by atoms with Crippen molar-refractivity contribution in [3.63, 3.8) is 0 Å². The predicted molar refractivity (Wildman–Crippen MR) is 61.6 cm³/mol. The molecule has 0 aliphatic rings. The van der Waals surface area contributed by atoms with Gasteiger partial charge >= 0.3 is 0 Å². The summed E-state index contributed by atoms with van der Waals surface area (Å²) < 4.78 is 0. The maximum absolute atomic E-state index is 4.30. The predicted octanol–water partition coefficient (Wildman–Crippen LogP) is 1.40. The number of rotatable bonds is 6. The average Bonchev–Trinajstić information content (AvgIpc) is 2.52. The number of hydrogen-bond donors (Lipinski definition) is 2. The van der Waals surface area contributed by atoms with Crippen molar-refractivity contribution >= 4 is 11.3 Å². The lowest BCUT2D eigenvalue weighted by atomic mass is 10.2. The van der Waals surface area contributed by atoms with Gasteiger partial charge < -0.3 is 10.6 Å². The van der Waals surface area contributed by atoms with Gasteiger partial charge in [0.1, 0.15) is 5.01 Å². The Balaban J connectivity index is 2.15. The van der Waals surface area contributed by atoms with Gasteiger partial charge in [0.25, 0.3) is 0 Å². The van der Waals surface area contributed by atoms with Gasteiger partial charge in [-0.3, -0.25) is 0 Å². The van der Waals surface area contributed by atoms with Gasteiger partial charge in [-0.2, -0.15) is 0 Å². The number of nitrogens with one attached hydrogen (secondary N) is 2. The Morgan fingerprint density at radius 3 is 2.86 bits per heavy atom. The molecule has 0 aliphatic carbocycles. The zero-order valence-electron chi connectivity index (χ0n) is 9.13. The van der Waals surface area contributed by atoms with Gasteiger partial charge in [-0.25, -0.2) is 4.98 Å². The Bertz CT molecular complexity index is 260. The second kappa shape index (κ2) is 6.11. The van der Waals surface area contributed by atoms with Crippen LogP contribution in [0.15, 0.2) is 6.20 Å². The summed E-state index contributed by atoms with van der Waals surface area (Å²) in [5, 5.41) is 7.75. The molecule has 0 radical (unpaired) electrons. The lowest BCUT2D eigenvalue weighted by Crippen LogP contribution is -2.27. The molecule has 0 bridgehead atoms. The third-order valence-corrected chi connectivity index (χ3v) is 2.90. The molecule has 1 atom stereocenters. The Morgan fingerprint density at radius 1 is 1.50 bits per heavy atom. The highest BCUT2D eigenvalue weighted by molar-refractivity contribution is 7.11. The number of hydrogen-bond acceptors (Lipinski definition) is 4. The van der Waals surface area contributed by atoms with Crippen LogP contribution in [-0.2, 0) is 6.54 Å². The van der Waals surface area contributed by atoms with Crippen LogP contribution in [0.3, 0.4) is 0 Å². The van der Waals surface area contributed by atoms with E-state index in [1.165, 1.54) is 9.88 Å². The maximum atomic E-state index is 4.30. The molecule has 1 rings (SSSR count). The van der Waals surface area contributed by atoms with E-state index >= 15 is 0 Å². The molecule has 0 fully saturated rings. The van der Waals surface area contributed by atoms with Crippen molar-refractivity contribution in [3.8, 4) is 0 Å². The van der Waals surface area contributed by atoms with Gasteiger partial charge in [0.05, 0.1) is 0 Å². The second-order valence-electron chi connectivity index (χ2n) is 3.66. The van der Waals surface area contributed by atoms with E-state index in [4.69, 9.17) is 0 Å². The van der Waals surface area contributed by atoms with E-state index in [0.717, 1.165) is 19.6 Å². The highest BCUT2D eigenvalue weighted by Crippen LogP contribution is 2.10. The molecule has 1 aromatic heterocycles. The van der Waals surface area contributed by atoms with Gasteiger partial charge in [-0.1, -0.05) is 6.92 Å². The molecule has 0 saturated heterocycles. The molecular formula is C10H19N3S. The van der Waals surface area contributed by atoms with Crippen molar-refractivity contribution in [1.29, 1.82) is 0 Å². The van der Waals surface area contributed by atoms with E-state index in [0.29, 0.717) is 5.92 Å². The molecule has 0 amide bonds. The summed E-state index contributed by atoms with van der Waals surface area (Å²) in [6, 6.07) is 0. The Morgan fingerprint density at radius 2 is 2.29 bits per heavy atom. The molecule has 0 aromatic carbocycles. The van der Waals surface area contributed by atoms with Crippen molar-refractivity contribution in [2.75, 3.05) is 20.1 Å². The van der Waals surface area contributed by atoms with Gasteiger partial charge in [-0.15, -0.1) is 11.3 Å². The molecule has 1 unspecified atom stereocenters. The zero-order chi connectivity index (χ0) is 10.4. The standard InChI is InChI=1S/C10H19N3S/c1-8(4-11-3)5-12-7-10-13-6-9(2)14-10/h6,8,11-12H,4-5,7H2,1-3H3. The van der Waals surface area contributed by atoms with Crippen LogP contribution >= 0.6 is 11.3 Å². The van der Waals surface area contributed by atoms with Gasteiger partial charge in [0.15, 0.2) is 0 Å². The minimum atomic E-state index is 0.668. The number of nitrogens with zero attached hydrogens (tertiary/aromatic N) is 1. The van der Waals surface area contributed by atoms with Crippen LogP contribution in [0.4, 0.5) is 0 Å². The first-order valence-electron chi connectivity index (χ1n) is 4.99. The second-order valence-corrected chi connectivity index (χ2v) is 4.98. The van der Waals surface area contributed by atoms with Crippen LogP contribution in [0, 0.1) is 12.8 Å². The van der Waals surface area contributed by atoms with Gasteiger partial charge in [-0.05, 0) is 33.0 Å². The lowest BCUT2D eigenvalue weighted by Gasteiger charge is -2.10. The first kappa shape index (κ1) is 11.6. The number of aromatic nitrogens is 1. The monoisotopic (exact) mass is 213 g/mol. The molecule has 2 N–H and O–H groups in total. The van der Waals surface area contributed by atoms with Crippen molar-refractivity contribution in [2.45, 2.75) is 20.4 Å². The molecule has 1 aromatic rings. The number of aryl methyl sites for hydroxylation is 1. The quantitative estimate of drug-likeness (QED) is 0.750. The van der Waals surface area contributed by atoms with Crippen molar-refractivity contribution < 1.29 is 0 Å². The van der Waals surface area contributed by atoms with E-state index < -0.39 is 0 Å². The minimum absolute atomic E-state index is 0.668. The molecule has 4 heteroatoms. The minimum Gasteiger partial charge on any atom is -0.319 e. The SMILES string of the molecule is CNCC(C)CNCc1ncc(C)s1. The molecule has 3 nitrogen and oxygen atoms in total. The largest absolute Gasteiger partial charge is 0.319 e. The highest BCUT2D eigenvalue weighted by atomic mass is 32.1. The third kappa shape index (κ3) is 4.17. The summed E-state index contributed by atoms with van der Waals surface area (Å²) in [5.41, 5.74) is 0. The number of thiazole rings is 1. The molecular weight excluding hydrogens is 194 g/mol. The summed E-state index contributed by atoms with van der Waals surface area (Å²) in [5.74, 6) is 0.668. The van der Waals surface area contributed by atoms with Gasteiger partial charge in [0.2, 0.25) is 0 Å². The summed E-state index contributed by atoms with van der Waals surface area (Å²) >= 11 is 1.76. The highest BCUT2D eigenvalue weighted by Gasteiger charge is 2.01. The molecule has 0 spiro atoms. The normalized spacial score (nSPS) is 13.1. The smallest absolute Gasteiger partial charge is 0.107 e. The maximum Gasteiger partial charge on any atom is 0.107 e. The molecule has 0 saturated carbocycles. The van der Waals surface area contributed by atoms with Crippen molar-refractivity contribution in [3.05, 3.63) is 16.1 Å². The molecule has 14 heavy (non-hydrogen) atoms. The van der Waals surface area contributed by atoms with Crippen LogP contribution in [0.1, 0.15) is 16.8 Å². The fourth-order valence-electron chi connectivity index (χ4n) is 1.33. The lowest BCUT2D eigenvalue weighted by molar-refractivity contribution is 0.491. The summed E-state index contributed by atoms with van der Waals surface area (Å²) in [6.07, 6.45) is 1.93. The van der Waals surface area contributed by atoms with E-state index in [1.807, 2.05) is 13.2 Å². The molecule has 1 heterocycles. The van der Waals surface area contributed by atoms with Crippen LogP contribution in [0.2, 0.25) is 0 Å². The first-order chi connectivity index (χ1) is 6.72. The topological polar surface area (TPSA) is 37.0 Å². The van der Waals surface area contributed by atoms with Crippen LogP contribution in [0.25, 0.3) is 0 Å². The fourth-order valence-corrected chi connectivity index (χ4v) is 2.09. The van der Waals surface area contributed by atoms with E-state index in [1.54, 1.807) is 11.3 Å². The third-order valence-electron chi connectivity index (χ3n) is 1.99. The van der Waals surface area contributed by atoms with Crippen LogP contribution < -0.4 is 10.6 Å². The summed E-state index contributed by atoms with van der Waals surface area (Å²) in [7, 11) is 1.99. The van der Waals surface area contributed by atoms with Crippen molar-refractivity contribution in [1.82, 2.24) is 15.6 Å². The Hall–Kier alpha value is -0.450. The van der Waals surface area contributed by atoms with E-state index in [2.05, 4.69) is 29.5 Å². The molecule has 80 valence electrons. The van der Waals surface area contributed by atoms with Crippen LogP contribution in [0.5, 0.6) is 0 Å². The van der Waals surface area contributed by atoms with Crippen molar-refractivity contribution in [2.24, 2.45) is 5.92 Å². The van der Waals surface area contributed by atoms with Gasteiger partial charge in [0, 0.05) is 17.6 Å². The Labute approximate surface area is 89.9 Å². The first-order valence-corrected chi connectivity index (χ1v) is 5.80. The average molecular weight is 213 g/mol. The fraction of sp³-hybridized carbons (Fsp3) is 0.700. The zero-order valence-corrected chi connectivity index (χ0v) is 9.95. The van der Waals surface area contributed by atoms with E-state index in [-0.39, 0.29) is 0 Å².